The molecule has 0 bridgehead atoms. The van der Waals surface area contributed by atoms with Crippen LogP contribution >= 0.6 is 0 Å². The van der Waals surface area contributed by atoms with Crippen molar-refractivity contribution in [2.75, 3.05) is 5.32 Å². The molecule has 11 heteroatoms. The zero-order valence-electron chi connectivity index (χ0n) is 12.8. The van der Waals surface area contributed by atoms with Crippen LogP contribution in [0.4, 0.5) is 23.2 Å². The number of hydrogen-bond acceptors (Lipinski definition) is 5. The fourth-order valence-electron chi connectivity index (χ4n) is 1.87. The van der Waals surface area contributed by atoms with Gasteiger partial charge in [-0.1, -0.05) is 6.07 Å². The molecule has 0 radical (unpaired) electrons. The summed E-state index contributed by atoms with van der Waals surface area (Å²) in [7, 11) is -3.95. The lowest BCUT2D eigenvalue weighted by atomic mass is 10.0. The Labute approximate surface area is 145 Å². The average molecular weight is 392 g/mol. The second-order valence-electron chi connectivity index (χ2n) is 5.08. The lowest BCUT2D eigenvalue weighted by Crippen LogP contribution is -2.54. The van der Waals surface area contributed by atoms with Crippen LogP contribution < -0.4 is 5.32 Å². The molecule has 2 N–H and O–H groups in total. The lowest BCUT2D eigenvalue weighted by Gasteiger charge is -2.24. The Bertz CT molecular complexity index is 866. The number of carbonyl (C=O) groups excluding carboxylic acids is 1. The molecule has 1 aromatic heterocycles. The van der Waals surface area contributed by atoms with E-state index >= 15 is 0 Å². The predicted molar refractivity (Wildman–Crippen MR) is 81.7 cm³/mol. The summed E-state index contributed by atoms with van der Waals surface area (Å²) in [5.74, 6) is -2.01. The molecular formula is C15H12F4N2O4S. The summed E-state index contributed by atoms with van der Waals surface area (Å²) in [4.78, 5) is 15.1. The zero-order valence-corrected chi connectivity index (χ0v) is 13.6. The number of sulfone groups is 1. The third-order valence-electron chi connectivity index (χ3n) is 3.36. The molecule has 0 unspecified atom stereocenters. The number of alkyl halides is 4. The molecule has 0 aliphatic heterocycles. The number of hydrogen-bond donors (Lipinski definition) is 2. The molecule has 26 heavy (non-hydrogen) atoms. The molecule has 2 rings (SSSR count). The largest absolute Gasteiger partial charge is 0.371 e. The Morgan fingerprint density at radius 2 is 1.62 bits per heavy atom. The van der Waals surface area contributed by atoms with E-state index in [-0.39, 0.29) is 15.6 Å². The maximum absolute atomic E-state index is 12.6. The van der Waals surface area contributed by atoms with Crippen LogP contribution in [0.1, 0.15) is 0 Å². The van der Waals surface area contributed by atoms with Gasteiger partial charge in [0.1, 0.15) is 0 Å². The molecule has 0 fully saturated rings. The molecule has 0 aliphatic rings. The number of amides is 1. The van der Waals surface area contributed by atoms with E-state index in [1.807, 2.05) is 0 Å². The van der Waals surface area contributed by atoms with Gasteiger partial charge in [0.15, 0.2) is 5.03 Å². The summed E-state index contributed by atoms with van der Waals surface area (Å²) in [5.41, 5.74) is -4.44. The SMILES string of the molecule is O=C(Nc1ccc(S(=O)(=O)c2ccccn2)cc1)C(O)(C(F)F)C(F)F. The topological polar surface area (TPSA) is 96.4 Å². The smallest absolute Gasteiger partial charge is 0.281 e. The van der Waals surface area contributed by atoms with Crippen molar-refractivity contribution in [3.63, 3.8) is 0 Å². The molecule has 1 amide bonds. The van der Waals surface area contributed by atoms with Crippen molar-refractivity contribution in [1.82, 2.24) is 4.98 Å². The Morgan fingerprint density at radius 3 is 2.08 bits per heavy atom. The fraction of sp³-hybridized carbons (Fsp3) is 0.200. The number of anilines is 1. The number of nitrogens with zero attached hydrogens (tertiary/aromatic N) is 1. The summed E-state index contributed by atoms with van der Waals surface area (Å²) in [6.07, 6.45) is -6.77. The number of halogens is 4. The summed E-state index contributed by atoms with van der Waals surface area (Å²) < 4.78 is 75.1. The summed E-state index contributed by atoms with van der Waals surface area (Å²) in [6.45, 7) is 0. The summed E-state index contributed by atoms with van der Waals surface area (Å²) in [5, 5.41) is 10.7. The van der Waals surface area contributed by atoms with Crippen molar-refractivity contribution < 1.29 is 35.9 Å². The van der Waals surface area contributed by atoms with Gasteiger partial charge in [0.25, 0.3) is 24.4 Å². The third kappa shape index (κ3) is 3.68. The Kier molecular flexibility index (Phi) is 5.62. The predicted octanol–water partition coefficient (Wildman–Crippen LogP) is 2.11. The van der Waals surface area contributed by atoms with Crippen LogP contribution in [0, 0.1) is 0 Å². The first kappa shape index (κ1) is 19.8. The molecule has 2 aromatic rings. The third-order valence-corrected chi connectivity index (χ3v) is 5.05. The first-order valence-corrected chi connectivity index (χ1v) is 8.44. The highest BCUT2D eigenvalue weighted by Gasteiger charge is 2.54. The molecule has 0 atom stereocenters. The van der Waals surface area contributed by atoms with E-state index in [2.05, 4.69) is 4.98 Å². The second-order valence-corrected chi connectivity index (χ2v) is 6.97. The molecule has 1 aromatic carbocycles. The Morgan fingerprint density at radius 1 is 1.04 bits per heavy atom. The molecule has 0 aliphatic carbocycles. The monoisotopic (exact) mass is 392 g/mol. The van der Waals surface area contributed by atoms with E-state index in [1.165, 1.54) is 24.4 Å². The van der Waals surface area contributed by atoms with Crippen LogP contribution in [0.3, 0.4) is 0 Å². The number of rotatable bonds is 6. The van der Waals surface area contributed by atoms with Crippen LogP contribution in [-0.2, 0) is 14.6 Å². The minimum absolute atomic E-state index is 0.216. The van der Waals surface area contributed by atoms with Crippen molar-refractivity contribution in [1.29, 1.82) is 0 Å². The normalized spacial score (nSPS) is 12.4. The van der Waals surface area contributed by atoms with Gasteiger partial charge in [0, 0.05) is 11.9 Å². The van der Waals surface area contributed by atoms with Crippen LogP contribution in [0.25, 0.3) is 0 Å². The Balaban J connectivity index is 2.24. The van der Waals surface area contributed by atoms with Crippen molar-refractivity contribution in [3.8, 4) is 0 Å². The maximum atomic E-state index is 12.6. The van der Waals surface area contributed by atoms with Gasteiger partial charge in [-0.05, 0) is 36.4 Å². The zero-order chi connectivity index (χ0) is 19.5. The molecule has 0 spiro atoms. The van der Waals surface area contributed by atoms with E-state index in [1.54, 1.807) is 5.32 Å². The van der Waals surface area contributed by atoms with Gasteiger partial charge in [-0.2, -0.15) is 0 Å². The molecule has 0 saturated heterocycles. The summed E-state index contributed by atoms with van der Waals surface area (Å²) in [6, 6.07) is 8.31. The minimum Gasteiger partial charge on any atom is -0.371 e. The first-order chi connectivity index (χ1) is 12.1. The number of aromatic nitrogens is 1. The van der Waals surface area contributed by atoms with Gasteiger partial charge < -0.3 is 10.4 Å². The first-order valence-electron chi connectivity index (χ1n) is 6.96. The molecule has 1 heterocycles. The lowest BCUT2D eigenvalue weighted by molar-refractivity contribution is -0.184. The molecule has 140 valence electrons. The minimum atomic E-state index is -4.18. The van der Waals surface area contributed by atoms with Crippen molar-refractivity contribution in [2.24, 2.45) is 0 Å². The van der Waals surface area contributed by atoms with Gasteiger partial charge in [-0.3, -0.25) is 4.79 Å². The number of benzene rings is 1. The maximum Gasteiger partial charge on any atom is 0.281 e. The summed E-state index contributed by atoms with van der Waals surface area (Å²) >= 11 is 0. The van der Waals surface area contributed by atoms with E-state index in [0.29, 0.717) is 0 Å². The van der Waals surface area contributed by atoms with E-state index in [9.17, 15) is 35.9 Å². The van der Waals surface area contributed by atoms with Crippen LogP contribution in [0.15, 0.2) is 58.6 Å². The highest BCUT2D eigenvalue weighted by Crippen LogP contribution is 2.27. The van der Waals surface area contributed by atoms with Gasteiger partial charge in [-0.15, -0.1) is 0 Å². The van der Waals surface area contributed by atoms with Gasteiger partial charge in [-0.25, -0.2) is 31.0 Å². The average Bonchev–Trinajstić information content (AvgIpc) is 2.61. The Hall–Kier alpha value is -2.53. The van der Waals surface area contributed by atoms with Gasteiger partial charge in [0.2, 0.25) is 9.84 Å². The molecule has 0 saturated carbocycles. The van der Waals surface area contributed by atoms with E-state index < -0.39 is 34.2 Å². The fourth-order valence-corrected chi connectivity index (χ4v) is 3.06. The van der Waals surface area contributed by atoms with Crippen molar-refractivity contribution in [3.05, 3.63) is 48.7 Å². The highest BCUT2D eigenvalue weighted by molar-refractivity contribution is 7.91. The van der Waals surface area contributed by atoms with E-state index in [0.717, 1.165) is 24.3 Å². The second kappa shape index (κ2) is 7.38. The standard InChI is InChI=1S/C15H12F4N2O4S/c16-12(17)15(23,13(18)19)14(22)21-9-4-6-10(7-5-9)26(24,25)11-3-1-2-8-20-11/h1-8,12-13,23H,(H,21,22). The van der Waals surface area contributed by atoms with Crippen molar-refractivity contribution >= 4 is 21.4 Å². The number of aliphatic hydroxyl groups is 1. The molecule has 6 nitrogen and oxygen atoms in total. The molecular weight excluding hydrogens is 380 g/mol. The van der Waals surface area contributed by atoms with Crippen LogP contribution in [0.2, 0.25) is 0 Å². The van der Waals surface area contributed by atoms with Crippen LogP contribution in [0.5, 0.6) is 0 Å². The number of nitrogens with one attached hydrogen (secondary N) is 1. The number of carbonyl (C=O) groups is 1. The number of pyridine rings is 1. The van der Waals surface area contributed by atoms with Gasteiger partial charge in [0.05, 0.1) is 4.90 Å². The van der Waals surface area contributed by atoms with Crippen LogP contribution in [-0.4, -0.2) is 42.9 Å². The van der Waals surface area contributed by atoms with E-state index in [4.69, 9.17) is 0 Å². The highest BCUT2D eigenvalue weighted by atomic mass is 32.2. The van der Waals surface area contributed by atoms with Crippen molar-refractivity contribution in [2.45, 2.75) is 28.4 Å². The quantitative estimate of drug-likeness (QED) is 0.734. The van der Waals surface area contributed by atoms with Gasteiger partial charge >= 0.3 is 0 Å².